The topological polar surface area (TPSA) is 106 Å². The monoisotopic (exact) mass is 251 g/mol. The van der Waals surface area contributed by atoms with Gasteiger partial charge in [-0.25, -0.2) is 4.39 Å². The van der Waals surface area contributed by atoms with Gasteiger partial charge in [0, 0.05) is 6.92 Å². The molecule has 0 aliphatic carbocycles. The van der Waals surface area contributed by atoms with Gasteiger partial charge in [-0.2, -0.15) is 0 Å². The highest BCUT2D eigenvalue weighted by molar-refractivity contribution is 6.07. The van der Waals surface area contributed by atoms with Gasteiger partial charge in [0.05, 0.1) is 11.3 Å². The van der Waals surface area contributed by atoms with E-state index in [-0.39, 0.29) is 17.3 Å². The van der Waals surface area contributed by atoms with Crippen LogP contribution in [-0.2, 0) is 0 Å². The third kappa shape index (κ3) is 2.28. The summed E-state index contributed by atoms with van der Waals surface area (Å²) in [5.41, 5.74) is 2.06. The van der Waals surface area contributed by atoms with Gasteiger partial charge >= 0.3 is 6.01 Å². The number of nitrogen functional groups attached to an aromatic ring is 1. The Balaban J connectivity index is 2.26. The zero-order valence-electron chi connectivity index (χ0n) is 9.40. The molecule has 18 heavy (non-hydrogen) atoms. The number of rotatable bonds is 3. The van der Waals surface area contributed by atoms with E-state index in [2.05, 4.69) is 20.9 Å². The summed E-state index contributed by atoms with van der Waals surface area (Å²) in [7, 11) is 0. The first-order chi connectivity index (χ1) is 8.61. The Morgan fingerprint density at radius 3 is 2.83 bits per heavy atom. The first-order valence-corrected chi connectivity index (χ1v) is 4.98. The van der Waals surface area contributed by atoms with Gasteiger partial charge in [0.1, 0.15) is 5.82 Å². The Kier molecular flexibility index (Phi) is 3.20. The summed E-state index contributed by atoms with van der Waals surface area (Å²) in [6.07, 6.45) is 0. The lowest BCUT2D eigenvalue weighted by molar-refractivity contribution is 0.102. The standard InChI is InChI=1S/C10H10FN5O2/c1-5-15-16-10(18-5)13-9(17)6-3-2-4-7(11)8(6)14-12/h2-4,14H,12H2,1H3,(H,13,16,17). The smallest absolute Gasteiger partial charge is 0.322 e. The number of anilines is 2. The molecule has 2 aromatic rings. The fourth-order valence-corrected chi connectivity index (χ4v) is 1.37. The van der Waals surface area contributed by atoms with Crippen molar-refractivity contribution in [2.45, 2.75) is 6.92 Å². The van der Waals surface area contributed by atoms with Crippen LogP contribution in [0.5, 0.6) is 0 Å². The molecule has 1 aromatic heterocycles. The third-order valence-electron chi connectivity index (χ3n) is 2.15. The highest BCUT2D eigenvalue weighted by atomic mass is 19.1. The molecule has 1 heterocycles. The van der Waals surface area contributed by atoms with E-state index in [0.29, 0.717) is 5.89 Å². The van der Waals surface area contributed by atoms with Gasteiger partial charge in [-0.05, 0) is 12.1 Å². The first kappa shape index (κ1) is 12.0. The minimum atomic E-state index is -0.633. The fourth-order valence-electron chi connectivity index (χ4n) is 1.37. The quantitative estimate of drug-likeness (QED) is 0.556. The van der Waals surface area contributed by atoms with Crippen molar-refractivity contribution < 1.29 is 13.6 Å². The van der Waals surface area contributed by atoms with Crippen molar-refractivity contribution >= 4 is 17.6 Å². The SMILES string of the molecule is Cc1nnc(NC(=O)c2cccc(F)c2NN)o1. The van der Waals surface area contributed by atoms with Crippen LogP contribution in [-0.4, -0.2) is 16.1 Å². The Morgan fingerprint density at radius 2 is 2.22 bits per heavy atom. The van der Waals surface area contributed by atoms with E-state index in [4.69, 9.17) is 10.3 Å². The summed E-state index contributed by atoms with van der Waals surface area (Å²) in [5, 5.41) is 9.48. The van der Waals surface area contributed by atoms with Crippen molar-refractivity contribution in [1.29, 1.82) is 0 Å². The zero-order chi connectivity index (χ0) is 13.1. The Bertz CT molecular complexity index is 583. The Morgan fingerprint density at radius 1 is 1.44 bits per heavy atom. The van der Waals surface area contributed by atoms with E-state index >= 15 is 0 Å². The van der Waals surface area contributed by atoms with Crippen molar-refractivity contribution in [2.75, 3.05) is 10.7 Å². The van der Waals surface area contributed by atoms with Crippen LogP contribution < -0.4 is 16.6 Å². The number of aryl methyl sites for hydroxylation is 1. The van der Waals surface area contributed by atoms with Crippen LogP contribution in [0.1, 0.15) is 16.2 Å². The molecule has 0 atom stereocenters. The Labute approximate surface area is 101 Å². The van der Waals surface area contributed by atoms with Crippen molar-refractivity contribution in [3.05, 3.63) is 35.5 Å². The van der Waals surface area contributed by atoms with Crippen LogP contribution in [0.3, 0.4) is 0 Å². The molecule has 2 rings (SSSR count). The molecular formula is C10H10FN5O2. The summed E-state index contributed by atoms with van der Waals surface area (Å²) in [4.78, 5) is 11.9. The number of hydrogen-bond acceptors (Lipinski definition) is 6. The second kappa shape index (κ2) is 4.80. The maximum absolute atomic E-state index is 13.4. The minimum Gasteiger partial charge on any atom is -0.408 e. The number of halogens is 1. The van der Waals surface area contributed by atoms with Crippen LogP contribution in [0.15, 0.2) is 22.6 Å². The molecule has 7 nitrogen and oxygen atoms in total. The number of carbonyl (C=O) groups excluding carboxylic acids is 1. The average molecular weight is 251 g/mol. The molecule has 1 amide bonds. The third-order valence-corrected chi connectivity index (χ3v) is 2.15. The summed E-state index contributed by atoms with van der Waals surface area (Å²) in [5.74, 6) is 4.23. The van der Waals surface area contributed by atoms with Crippen LogP contribution in [0.25, 0.3) is 0 Å². The van der Waals surface area contributed by atoms with E-state index in [9.17, 15) is 9.18 Å². The fraction of sp³-hybridized carbons (Fsp3) is 0.100. The molecule has 0 aliphatic heterocycles. The molecule has 1 aromatic carbocycles. The van der Waals surface area contributed by atoms with Gasteiger partial charge in [0.2, 0.25) is 5.89 Å². The lowest BCUT2D eigenvalue weighted by Crippen LogP contribution is -2.18. The van der Waals surface area contributed by atoms with Gasteiger partial charge in [-0.3, -0.25) is 16.0 Å². The van der Waals surface area contributed by atoms with Gasteiger partial charge in [0.25, 0.3) is 5.91 Å². The van der Waals surface area contributed by atoms with Crippen LogP contribution in [0, 0.1) is 12.7 Å². The lowest BCUT2D eigenvalue weighted by Gasteiger charge is -2.08. The molecule has 0 saturated carbocycles. The number of hydrogen-bond donors (Lipinski definition) is 3. The number of carbonyl (C=O) groups is 1. The van der Waals surface area contributed by atoms with Crippen LogP contribution in [0.4, 0.5) is 16.1 Å². The van der Waals surface area contributed by atoms with E-state index in [1.165, 1.54) is 18.2 Å². The van der Waals surface area contributed by atoms with Gasteiger partial charge in [-0.1, -0.05) is 11.2 Å². The number of nitrogens with two attached hydrogens (primary N) is 1. The van der Waals surface area contributed by atoms with Gasteiger partial charge in [0.15, 0.2) is 0 Å². The molecule has 0 bridgehead atoms. The van der Waals surface area contributed by atoms with E-state index in [1.807, 2.05) is 0 Å². The molecule has 4 N–H and O–H groups in total. The lowest BCUT2D eigenvalue weighted by atomic mass is 10.1. The van der Waals surface area contributed by atoms with Crippen molar-refractivity contribution in [3.8, 4) is 0 Å². The summed E-state index contributed by atoms with van der Waals surface area (Å²) in [6.45, 7) is 1.58. The number of amides is 1. The molecule has 0 unspecified atom stereocenters. The summed E-state index contributed by atoms with van der Waals surface area (Å²) in [6, 6.07) is 3.92. The molecular weight excluding hydrogens is 241 g/mol. The number of para-hydroxylation sites is 1. The minimum absolute atomic E-state index is 0.0355. The molecule has 0 radical (unpaired) electrons. The zero-order valence-corrected chi connectivity index (χ0v) is 9.40. The van der Waals surface area contributed by atoms with E-state index in [0.717, 1.165) is 0 Å². The normalized spacial score (nSPS) is 10.2. The maximum atomic E-state index is 13.4. The number of nitrogens with one attached hydrogen (secondary N) is 2. The first-order valence-electron chi connectivity index (χ1n) is 4.98. The molecule has 94 valence electrons. The molecule has 0 saturated heterocycles. The molecule has 0 aliphatic rings. The number of benzene rings is 1. The predicted molar refractivity (Wildman–Crippen MR) is 61.2 cm³/mol. The number of hydrazine groups is 1. The highest BCUT2D eigenvalue weighted by Gasteiger charge is 2.16. The van der Waals surface area contributed by atoms with Crippen molar-refractivity contribution in [2.24, 2.45) is 5.84 Å². The van der Waals surface area contributed by atoms with Crippen molar-refractivity contribution in [3.63, 3.8) is 0 Å². The maximum Gasteiger partial charge on any atom is 0.322 e. The largest absolute Gasteiger partial charge is 0.408 e. The predicted octanol–water partition coefficient (Wildman–Crippen LogP) is 1.06. The van der Waals surface area contributed by atoms with E-state index in [1.54, 1.807) is 6.92 Å². The Hall–Kier alpha value is -2.48. The average Bonchev–Trinajstić information content (AvgIpc) is 2.74. The highest BCUT2D eigenvalue weighted by Crippen LogP contribution is 2.19. The second-order valence-electron chi connectivity index (χ2n) is 3.39. The summed E-state index contributed by atoms with van der Waals surface area (Å²) >= 11 is 0. The molecule has 0 spiro atoms. The van der Waals surface area contributed by atoms with Gasteiger partial charge in [-0.15, -0.1) is 5.10 Å². The van der Waals surface area contributed by atoms with Crippen molar-refractivity contribution in [1.82, 2.24) is 10.2 Å². The summed E-state index contributed by atoms with van der Waals surface area (Å²) < 4.78 is 18.4. The van der Waals surface area contributed by atoms with Gasteiger partial charge < -0.3 is 9.84 Å². The van der Waals surface area contributed by atoms with Crippen LogP contribution in [0.2, 0.25) is 0 Å². The van der Waals surface area contributed by atoms with Crippen LogP contribution >= 0.6 is 0 Å². The molecule has 0 fully saturated rings. The van der Waals surface area contributed by atoms with E-state index < -0.39 is 11.7 Å². The number of aromatic nitrogens is 2. The molecule has 8 heteroatoms. The number of nitrogens with zero attached hydrogens (tertiary/aromatic N) is 2. The second-order valence-corrected chi connectivity index (χ2v) is 3.39.